The molecule has 0 saturated carbocycles. The number of aliphatic hydroxyl groups is 1. The summed E-state index contributed by atoms with van der Waals surface area (Å²) in [6, 6.07) is 0.356. The van der Waals surface area contributed by atoms with Gasteiger partial charge in [0.1, 0.15) is 0 Å². The second-order valence-electron chi connectivity index (χ2n) is 2.73. The maximum Gasteiger partial charge on any atom is 0.316 e. The van der Waals surface area contributed by atoms with E-state index in [1.165, 1.54) is 7.11 Å². The molecule has 0 saturated heterocycles. The Morgan fingerprint density at radius 3 is 2.62 bits per heavy atom. The van der Waals surface area contributed by atoms with Gasteiger partial charge in [-0.3, -0.25) is 0 Å². The molecule has 0 bridgehead atoms. The molecule has 0 unspecified atom stereocenters. The second-order valence-corrected chi connectivity index (χ2v) is 2.73. The standard InChI is InChI=1S/C9H12N2O2/c1-7(6-12)3-8-4-10-9(13-2)11-5-8/h4-6,12H,3H2,1-2H3/b7-6-. The van der Waals surface area contributed by atoms with Gasteiger partial charge in [-0.05, 0) is 24.5 Å². The zero-order valence-electron chi connectivity index (χ0n) is 7.69. The summed E-state index contributed by atoms with van der Waals surface area (Å²) in [5.41, 5.74) is 1.82. The normalized spacial score (nSPS) is 11.4. The Bertz CT molecular complexity index is 293. The summed E-state index contributed by atoms with van der Waals surface area (Å²) in [5.74, 6) is 0. The van der Waals surface area contributed by atoms with Gasteiger partial charge < -0.3 is 9.84 Å². The Kier molecular flexibility index (Phi) is 3.25. The predicted octanol–water partition coefficient (Wildman–Crippen LogP) is 1.49. The van der Waals surface area contributed by atoms with Gasteiger partial charge in [0, 0.05) is 12.4 Å². The number of allylic oxidation sites excluding steroid dienone is 1. The molecular formula is C9H12N2O2. The molecule has 0 aliphatic rings. The zero-order valence-corrected chi connectivity index (χ0v) is 7.69. The lowest BCUT2D eigenvalue weighted by Crippen LogP contribution is -1.94. The lowest BCUT2D eigenvalue weighted by atomic mass is 10.1. The highest BCUT2D eigenvalue weighted by Crippen LogP contribution is 2.06. The Morgan fingerprint density at radius 1 is 1.54 bits per heavy atom. The van der Waals surface area contributed by atoms with Crippen LogP contribution in [0.3, 0.4) is 0 Å². The fourth-order valence-electron chi connectivity index (χ4n) is 0.907. The van der Waals surface area contributed by atoms with Crippen molar-refractivity contribution in [3.05, 3.63) is 29.8 Å². The van der Waals surface area contributed by atoms with Gasteiger partial charge in [0.05, 0.1) is 13.4 Å². The quantitative estimate of drug-likeness (QED) is 0.716. The largest absolute Gasteiger partial charge is 0.516 e. The van der Waals surface area contributed by atoms with E-state index in [-0.39, 0.29) is 0 Å². The molecule has 1 rings (SSSR count). The van der Waals surface area contributed by atoms with Crippen molar-refractivity contribution in [1.82, 2.24) is 9.97 Å². The molecule has 0 amide bonds. The van der Waals surface area contributed by atoms with Crippen molar-refractivity contribution in [2.45, 2.75) is 13.3 Å². The number of aliphatic hydroxyl groups excluding tert-OH is 1. The van der Waals surface area contributed by atoms with Crippen molar-refractivity contribution in [1.29, 1.82) is 0 Å². The van der Waals surface area contributed by atoms with Crippen LogP contribution in [0.1, 0.15) is 12.5 Å². The van der Waals surface area contributed by atoms with Gasteiger partial charge >= 0.3 is 6.01 Å². The third-order valence-corrected chi connectivity index (χ3v) is 1.57. The van der Waals surface area contributed by atoms with Crippen LogP contribution in [0.15, 0.2) is 24.2 Å². The molecule has 0 atom stereocenters. The molecule has 1 N–H and O–H groups in total. The predicted molar refractivity (Wildman–Crippen MR) is 48.7 cm³/mol. The Labute approximate surface area is 76.9 Å². The van der Waals surface area contributed by atoms with Crippen LogP contribution in [-0.2, 0) is 6.42 Å². The van der Waals surface area contributed by atoms with Crippen molar-refractivity contribution in [3.8, 4) is 6.01 Å². The highest BCUT2D eigenvalue weighted by atomic mass is 16.5. The van der Waals surface area contributed by atoms with Crippen LogP contribution in [0.4, 0.5) is 0 Å². The van der Waals surface area contributed by atoms with E-state index in [4.69, 9.17) is 9.84 Å². The maximum atomic E-state index is 8.67. The van der Waals surface area contributed by atoms with Crippen LogP contribution in [0.2, 0.25) is 0 Å². The summed E-state index contributed by atoms with van der Waals surface area (Å²) in [6.45, 7) is 1.84. The molecule has 0 aliphatic heterocycles. The van der Waals surface area contributed by atoms with Gasteiger partial charge in [-0.25, -0.2) is 9.97 Å². The van der Waals surface area contributed by atoms with E-state index in [1.54, 1.807) is 12.4 Å². The van der Waals surface area contributed by atoms with Crippen molar-refractivity contribution in [2.24, 2.45) is 0 Å². The number of nitrogens with zero attached hydrogens (tertiary/aromatic N) is 2. The van der Waals surface area contributed by atoms with Crippen molar-refractivity contribution >= 4 is 0 Å². The Hall–Kier alpha value is -1.58. The number of methoxy groups -OCH3 is 1. The van der Waals surface area contributed by atoms with Crippen LogP contribution in [0.5, 0.6) is 6.01 Å². The molecule has 4 nitrogen and oxygen atoms in total. The molecule has 1 heterocycles. The van der Waals surface area contributed by atoms with E-state index in [0.717, 1.165) is 17.4 Å². The highest BCUT2D eigenvalue weighted by Gasteiger charge is 1.97. The molecule has 1 aromatic rings. The number of rotatable bonds is 3. The molecule has 0 aliphatic carbocycles. The van der Waals surface area contributed by atoms with Gasteiger partial charge in [0.15, 0.2) is 0 Å². The Balaban J connectivity index is 2.69. The van der Waals surface area contributed by atoms with E-state index in [1.807, 2.05) is 6.92 Å². The van der Waals surface area contributed by atoms with Crippen molar-refractivity contribution < 1.29 is 9.84 Å². The third kappa shape index (κ3) is 2.74. The summed E-state index contributed by atoms with van der Waals surface area (Å²) < 4.78 is 4.81. The molecule has 1 aromatic heterocycles. The SMILES string of the molecule is COc1ncc(C/C(C)=C\O)cn1. The first kappa shape index (κ1) is 9.51. The molecular weight excluding hydrogens is 168 g/mol. The van der Waals surface area contributed by atoms with E-state index in [9.17, 15) is 0 Å². The topological polar surface area (TPSA) is 55.2 Å². The molecule has 0 radical (unpaired) electrons. The molecule has 0 fully saturated rings. The maximum absolute atomic E-state index is 8.67. The molecule has 0 aromatic carbocycles. The third-order valence-electron chi connectivity index (χ3n) is 1.57. The highest BCUT2D eigenvalue weighted by molar-refractivity contribution is 5.14. The zero-order chi connectivity index (χ0) is 9.68. The molecule has 4 heteroatoms. The van der Waals surface area contributed by atoms with Crippen molar-refractivity contribution in [3.63, 3.8) is 0 Å². The second kappa shape index (κ2) is 4.45. The summed E-state index contributed by atoms with van der Waals surface area (Å²) in [5, 5.41) is 8.67. The smallest absolute Gasteiger partial charge is 0.316 e. The minimum atomic E-state index is 0.356. The van der Waals surface area contributed by atoms with E-state index >= 15 is 0 Å². The van der Waals surface area contributed by atoms with E-state index in [2.05, 4.69) is 9.97 Å². The first-order valence-electron chi connectivity index (χ1n) is 3.91. The fourth-order valence-corrected chi connectivity index (χ4v) is 0.907. The minimum absolute atomic E-state index is 0.356. The lowest BCUT2D eigenvalue weighted by Gasteiger charge is -2.00. The fraction of sp³-hybridized carbons (Fsp3) is 0.333. The first-order chi connectivity index (χ1) is 6.26. The molecule has 0 spiro atoms. The van der Waals surface area contributed by atoms with E-state index in [0.29, 0.717) is 12.4 Å². The van der Waals surface area contributed by atoms with Gasteiger partial charge in [-0.1, -0.05) is 0 Å². The number of aromatic nitrogens is 2. The number of hydrogen-bond donors (Lipinski definition) is 1. The summed E-state index contributed by atoms with van der Waals surface area (Å²) >= 11 is 0. The van der Waals surface area contributed by atoms with Crippen molar-refractivity contribution in [2.75, 3.05) is 7.11 Å². The monoisotopic (exact) mass is 180 g/mol. The van der Waals surface area contributed by atoms with Gasteiger partial charge in [0.2, 0.25) is 0 Å². The summed E-state index contributed by atoms with van der Waals surface area (Å²) in [7, 11) is 1.52. The van der Waals surface area contributed by atoms with Crippen LogP contribution in [-0.4, -0.2) is 22.2 Å². The Morgan fingerprint density at radius 2 is 2.15 bits per heavy atom. The van der Waals surface area contributed by atoms with Crippen LogP contribution in [0, 0.1) is 0 Å². The average molecular weight is 180 g/mol. The van der Waals surface area contributed by atoms with Crippen LogP contribution < -0.4 is 4.74 Å². The lowest BCUT2D eigenvalue weighted by molar-refractivity contribution is 0.379. The summed E-state index contributed by atoms with van der Waals surface area (Å²) in [6.07, 6.45) is 5.10. The molecule has 13 heavy (non-hydrogen) atoms. The minimum Gasteiger partial charge on any atom is -0.516 e. The van der Waals surface area contributed by atoms with Gasteiger partial charge in [-0.2, -0.15) is 0 Å². The van der Waals surface area contributed by atoms with Gasteiger partial charge in [0.25, 0.3) is 0 Å². The first-order valence-corrected chi connectivity index (χ1v) is 3.91. The van der Waals surface area contributed by atoms with Crippen LogP contribution in [0.25, 0.3) is 0 Å². The summed E-state index contributed by atoms with van der Waals surface area (Å²) in [4.78, 5) is 7.88. The van der Waals surface area contributed by atoms with Crippen LogP contribution >= 0.6 is 0 Å². The average Bonchev–Trinajstić information content (AvgIpc) is 2.19. The number of hydrogen-bond acceptors (Lipinski definition) is 4. The molecule has 70 valence electrons. The van der Waals surface area contributed by atoms with E-state index < -0.39 is 0 Å². The van der Waals surface area contributed by atoms with Gasteiger partial charge in [-0.15, -0.1) is 0 Å². The number of ether oxygens (including phenoxy) is 1.